The molecule has 2 aromatic rings. The van der Waals surface area contributed by atoms with Crippen molar-refractivity contribution in [3.05, 3.63) is 47.5 Å². The summed E-state index contributed by atoms with van der Waals surface area (Å²) in [4.78, 5) is 23.8. The van der Waals surface area contributed by atoms with Gasteiger partial charge in [0.1, 0.15) is 0 Å². The van der Waals surface area contributed by atoms with Gasteiger partial charge in [0.25, 0.3) is 0 Å². The molecule has 8 nitrogen and oxygen atoms in total. The Labute approximate surface area is 163 Å². The van der Waals surface area contributed by atoms with Gasteiger partial charge in [-0.3, -0.25) is 9.59 Å². The minimum Gasteiger partial charge on any atom is -0.493 e. The lowest BCUT2D eigenvalue weighted by Gasteiger charge is -2.12. The van der Waals surface area contributed by atoms with Gasteiger partial charge in [-0.25, -0.2) is 5.43 Å². The molecule has 2 N–H and O–H groups in total. The molecule has 0 aliphatic heterocycles. The quantitative estimate of drug-likeness (QED) is 0.433. The predicted octanol–water partition coefficient (Wildman–Crippen LogP) is 2.36. The lowest BCUT2D eigenvalue weighted by Crippen LogP contribution is -2.32. The van der Waals surface area contributed by atoms with Crippen LogP contribution in [0.4, 0.5) is 5.69 Å². The zero-order valence-corrected chi connectivity index (χ0v) is 16.2. The van der Waals surface area contributed by atoms with E-state index in [4.69, 9.17) is 14.2 Å². The molecule has 2 amide bonds. The van der Waals surface area contributed by atoms with Gasteiger partial charge in [-0.05, 0) is 36.2 Å². The Kier molecular flexibility index (Phi) is 7.38. The van der Waals surface area contributed by atoms with E-state index in [2.05, 4.69) is 15.8 Å². The van der Waals surface area contributed by atoms with Crippen molar-refractivity contribution in [1.82, 2.24) is 5.43 Å². The summed E-state index contributed by atoms with van der Waals surface area (Å²) in [5.74, 6) is -0.361. The van der Waals surface area contributed by atoms with E-state index in [1.807, 2.05) is 19.1 Å². The molecule has 2 aromatic carbocycles. The Hall–Kier alpha value is -3.55. The molecule has 2 rings (SSSR count). The maximum Gasteiger partial charge on any atom is 0.329 e. The number of hydrogen-bond acceptors (Lipinski definition) is 6. The van der Waals surface area contributed by atoms with Crippen LogP contribution >= 0.6 is 0 Å². The fraction of sp³-hybridized carbons (Fsp3) is 0.250. The number of benzene rings is 2. The van der Waals surface area contributed by atoms with E-state index in [1.54, 1.807) is 24.3 Å². The molecule has 0 bridgehead atoms. The molecule has 0 spiro atoms. The van der Waals surface area contributed by atoms with Crippen LogP contribution in [-0.2, 0) is 16.0 Å². The normalized spacial score (nSPS) is 10.4. The smallest absolute Gasteiger partial charge is 0.329 e. The summed E-state index contributed by atoms with van der Waals surface area (Å²) in [7, 11) is 4.50. The van der Waals surface area contributed by atoms with Gasteiger partial charge in [-0.1, -0.05) is 19.1 Å². The van der Waals surface area contributed by atoms with Gasteiger partial charge in [-0.15, -0.1) is 0 Å². The first-order valence-corrected chi connectivity index (χ1v) is 8.55. The van der Waals surface area contributed by atoms with Crippen LogP contribution in [0, 0.1) is 0 Å². The molecule has 0 aliphatic rings. The topological polar surface area (TPSA) is 98.3 Å². The van der Waals surface area contributed by atoms with Gasteiger partial charge in [0.2, 0.25) is 5.75 Å². The van der Waals surface area contributed by atoms with Gasteiger partial charge in [0.05, 0.1) is 27.5 Å². The van der Waals surface area contributed by atoms with Crippen LogP contribution in [0.2, 0.25) is 0 Å². The Bertz CT molecular complexity index is 838. The largest absolute Gasteiger partial charge is 0.493 e. The number of rotatable bonds is 7. The number of ether oxygens (including phenoxy) is 3. The minimum absolute atomic E-state index is 0.444. The summed E-state index contributed by atoms with van der Waals surface area (Å²) in [6.07, 6.45) is 2.26. The summed E-state index contributed by atoms with van der Waals surface area (Å²) >= 11 is 0. The number of nitrogens with one attached hydrogen (secondary N) is 2. The fourth-order valence-electron chi connectivity index (χ4n) is 2.40. The van der Waals surface area contributed by atoms with Crippen molar-refractivity contribution >= 4 is 23.7 Å². The highest BCUT2D eigenvalue weighted by Crippen LogP contribution is 2.37. The van der Waals surface area contributed by atoms with E-state index in [-0.39, 0.29) is 0 Å². The molecule has 0 heterocycles. The number of nitrogens with zero attached hydrogens (tertiary/aromatic N) is 1. The highest BCUT2D eigenvalue weighted by atomic mass is 16.5. The second kappa shape index (κ2) is 9.96. The van der Waals surface area contributed by atoms with Gasteiger partial charge in [0, 0.05) is 11.3 Å². The zero-order chi connectivity index (χ0) is 20.5. The highest BCUT2D eigenvalue weighted by molar-refractivity contribution is 6.39. The van der Waals surface area contributed by atoms with Gasteiger partial charge in [-0.2, -0.15) is 5.10 Å². The molecular formula is C20H23N3O5. The number of carbonyl (C=O) groups excluding carboxylic acids is 2. The van der Waals surface area contributed by atoms with Crippen molar-refractivity contribution < 1.29 is 23.8 Å². The third kappa shape index (κ3) is 5.23. The summed E-state index contributed by atoms with van der Waals surface area (Å²) in [5, 5.41) is 6.31. The third-order valence-corrected chi connectivity index (χ3v) is 3.89. The average molecular weight is 385 g/mol. The molecule has 0 saturated carbocycles. The first-order chi connectivity index (χ1) is 13.5. The number of anilines is 1. The van der Waals surface area contributed by atoms with E-state index >= 15 is 0 Å². The summed E-state index contributed by atoms with van der Waals surface area (Å²) < 4.78 is 15.7. The Morgan fingerprint density at radius 2 is 1.57 bits per heavy atom. The lowest BCUT2D eigenvalue weighted by atomic mass is 10.1. The molecule has 28 heavy (non-hydrogen) atoms. The van der Waals surface area contributed by atoms with Gasteiger partial charge in [0.15, 0.2) is 11.5 Å². The number of hydrazone groups is 1. The van der Waals surface area contributed by atoms with E-state index in [0.717, 1.165) is 12.0 Å². The van der Waals surface area contributed by atoms with Crippen molar-refractivity contribution in [2.24, 2.45) is 5.10 Å². The van der Waals surface area contributed by atoms with Crippen molar-refractivity contribution in [3.8, 4) is 17.2 Å². The summed E-state index contributed by atoms with van der Waals surface area (Å²) in [6.45, 7) is 2.03. The van der Waals surface area contributed by atoms with E-state index in [1.165, 1.54) is 27.5 Å². The monoisotopic (exact) mass is 385 g/mol. The second-order valence-electron chi connectivity index (χ2n) is 5.66. The average Bonchev–Trinajstić information content (AvgIpc) is 2.73. The SMILES string of the molecule is CCc1ccc(NC(=O)C(=O)N/N=C/c2cc(OC)c(OC)c(OC)c2)cc1. The van der Waals surface area contributed by atoms with Crippen LogP contribution < -0.4 is 25.0 Å². The molecule has 0 fully saturated rings. The minimum atomic E-state index is -0.886. The maximum atomic E-state index is 11.9. The first-order valence-electron chi connectivity index (χ1n) is 8.55. The van der Waals surface area contributed by atoms with Crippen LogP contribution in [0.5, 0.6) is 17.2 Å². The Balaban J connectivity index is 2.01. The molecule has 0 radical (unpaired) electrons. The maximum absolute atomic E-state index is 11.9. The first kappa shape index (κ1) is 20.8. The Morgan fingerprint density at radius 1 is 0.964 bits per heavy atom. The standard InChI is InChI=1S/C20H23N3O5/c1-5-13-6-8-15(9-7-13)22-19(24)20(25)23-21-12-14-10-16(26-2)18(28-4)17(11-14)27-3/h6-12H,5H2,1-4H3,(H,22,24)(H,23,25)/b21-12+. The second-order valence-corrected chi connectivity index (χ2v) is 5.66. The molecular weight excluding hydrogens is 362 g/mol. The third-order valence-electron chi connectivity index (χ3n) is 3.89. The van der Waals surface area contributed by atoms with E-state index in [9.17, 15) is 9.59 Å². The number of hydrogen-bond donors (Lipinski definition) is 2. The number of aryl methyl sites for hydroxylation is 1. The van der Waals surface area contributed by atoms with E-state index in [0.29, 0.717) is 28.5 Å². The molecule has 0 saturated heterocycles. The zero-order valence-electron chi connectivity index (χ0n) is 16.2. The lowest BCUT2D eigenvalue weighted by molar-refractivity contribution is -0.136. The molecule has 0 aromatic heterocycles. The highest BCUT2D eigenvalue weighted by Gasteiger charge is 2.14. The van der Waals surface area contributed by atoms with Crippen molar-refractivity contribution in [3.63, 3.8) is 0 Å². The molecule has 0 atom stereocenters. The number of methoxy groups -OCH3 is 3. The number of amides is 2. The fourth-order valence-corrected chi connectivity index (χ4v) is 2.40. The summed E-state index contributed by atoms with van der Waals surface area (Å²) in [6, 6.07) is 10.6. The molecule has 148 valence electrons. The van der Waals surface area contributed by atoms with Gasteiger partial charge < -0.3 is 19.5 Å². The molecule has 8 heteroatoms. The molecule has 0 unspecified atom stereocenters. The van der Waals surface area contributed by atoms with Gasteiger partial charge >= 0.3 is 11.8 Å². The summed E-state index contributed by atoms with van der Waals surface area (Å²) in [5.41, 5.74) is 4.44. The van der Waals surface area contributed by atoms with Crippen LogP contribution in [0.3, 0.4) is 0 Å². The van der Waals surface area contributed by atoms with Crippen molar-refractivity contribution in [2.75, 3.05) is 26.6 Å². The predicted molar refractivity (Wildman–Crippen MR) is 106 cm³/mol. The Morgan fingerprint density at radius 3 is 2.07 bits per heavy atom. The number of carbonyl (C=O) groups is 2. The molecule has 0 aliphatic carbocycles. The van der Waals surface area contributed by atoms with Crippen LogP contribution in [0.1, 0.15) is 18.1 Å². The van der Waals surface area contributed by atoms with Crippen LogP contribution in [0.15, 0.2) is 41.5 Å². The van der Waals surface area contributed by atoms with Crippen molar-refractivity contribution in [2.45, 2.75) is 13.3 Å². The van der Waals surface area contributed by atoms with Crippen molar-refractivity contribution in [1.29, 1.82) is 0 Å². The van der Waals surface area contributed by atoms with Crippen LogP contribution in [0.25, 0.3) is 0 Å². The van der Waals surface area contributed by atoms with E-state index < -0.39 is 11.8 Å². The van der Waals surface area contributed by atoms with Crippen LogP contribution in [-0.4, -0.2) is 39.4 Å².